The summed E-state index contributed by atoms with van der Waals surface area (Å²) in [6.07, 6.45) is 0. The molecule has 2 aromatic rings. The Morgan fingerprint density at radius 3 is 2.94 bits per heavy atom. The van der Waals surface area contributed by atoms with Gasteiger partial charge in [0.15, 0.2) is 5.69 Å². The molecule has 6 heteroatoms. The van der Waals surface area contributed by atoms with Gasteiger partial charge in [-0.3, -0.25) is 0 Å². The fourth-order valence-electron chi connectivity index (χ4n) is 1.03. The van der Waals surface area contributed by atoms with Gasteiger partial charge in [-0.05, 0) is 18.2 Å². The molecule has 0 unspecified atom stereocenters. The number of aromatic nitrogens is 1. The maximum Gasteiger partial charge on any atom is 0.355 e. The summed E-state index contributed by atoms with van der Waals surface area (Å²) >= 11 is 4.46. The van der Waals surface area contributed by atoms with Gasteiger partial charge >= 0.3 is 5.97 Å². The molecule has 0 amide bonds. The van der Waals surface area contributed by atoms with Crippen LogP contribution in [0.1, 0.15) is 10.5 Å². The molecule has 0 saturated heterocycles. The molecule has 0 saturated carbocycles. The molecule has 0 aliphatic heterocycles. The minimum absolute atomic E-state index is 0.00463. The fourth-order valence-corrected chi connectivity index (χ4v) is 2.07. The zero-order valence-electron chi connectivity index (χ0n) is 7.88. The molecule has 16 heavy (non-hydrogen) atoms. The average molecular weight is 300 g/mol. The van der Waals surface area contributed by atoms with Crippen LogP contribution in [0.3, 0.4) is 0 Å². The molecule has 0 atom stereocenters. The molecule has 0 aliphatic carbocycles. The Kier molecular flexibility index (Phi) is 3.21. The highest BCUT2D eigenvalue weighted by Gasteiger charge is 2.09. The minimum atomic E-state index is -1.06. The molecule has 1 N–H and O–H groups in total. The van der Waals surface area contributed by atoms with Gasteiger partial charge in [-0.25, -0.2) is 4.79 Å². The predicted molar refractivity (Wildman–Crippen MR) is 63.3 cm³/mol. The number of ether oxygens (including phenoxy) is 1. The fraction of sp³-hybridized carbons (Fsp3) is 0. The summed E-state index contributed by atoms with van der Waals surface area (Å²) in [7, 11) is 0. The lowest BCUT2D eigenvalue weighted by atomic mass is 10.3. The van der Waals surface area contributed by atoms with E-state index in [0.717, 1.165) is 15.8 Å². The minimum Gasteiger partial charge on any atom is -0.476 e. The highest BCUT2D eigenvalue weighted by molar-refractivity contribution is 9.10. The third-order valence-corrected chi connectivity index (χ3v) is 2.91. The lowest BCUT2D eigenvalue weighted by molar-refractivity contribution is 0.0690. The van der Waals surface area contributed by atoms with Gasteiger partial charge in [-0.15, -0.1) is 0 Å². The van der Waals surface area contributed by atoms with Crippen molar-refractivity contribution in [2.75, 3.05) is 0 Å². The van der Waals surface area contributed by atoms with Crippen LogP contribution in [0.5, 0.6) is 10.9 Å². The quantitative estimate of drug-likeness (QED) is 0.944. The number of hydrogen-bond acceptors (Lipinski definition) is 4. The maximum atomic E-state index is 10.6. The van der Waals surface area contributed by atoms with Crippen LogP contribution in [0.25, 0.3) is 0 Å². The zero-order chi connectivity index (χ0) is 11.5. The van der Waals surface area contributed by atoms with Gasteiger partial charge in [0, 0.05) is 9.85 Å². The first kappa shape index (κ1) is 11.1. The van der Waals surface area contributed by atoms with Crippen molar-refractivity contribution in [3.63, 3.8) is 0 Å². The second kappa shape index (κ2) is 4.63. The summed E-state index contributed by atoms with van der Waals surface area (Å²) in [5.41, 5.74) is -0.00463. The van der Waals surface area contributed by atoms with E-state index in [1.165, 1.54) is 5.38 Å². The highest BCUT2D eigenvalue weighted by atomic mass is 79.9. The normalized spacial score (nSPS) is 10.1. The number of carboxylic acids is 1. The molecule has 1 heterocycles. The van der Waals surface area contributed by atoms with E-state index in [1.807, 2.05) is 12.1 Å². The summed E-state index contributed by atoms with van der Waals surface area (Å²) in [5, 5.41) is 10.4. The van der Waals surface area contributed by atoms with Gasteiger partial charge in [-0.2, -0.15) is 4.98 Å². The Labute approximate surface area is 104 Å². The van der Waals surface area contributed by atoms with E-state index in [-0.39, 0.29) is 5.69 Å². The number of halogens is 1. The Balaban J connectivity index is 2.17. The van der Waals surface area contributed by atoms with E-state index in [9.17, 15) is 4.79 Å². The number of carboxylic acid groups (broad SMARTS) is 1. The second-order valence-corrected chi connectivity index (χ2v) is 4.60. The van der Waals surface area contributed by atoms with Gasteiger partial charge in [0.1, 0.15) is 5.75 Å². The number of nitrogens with zero attached hydrogens (tertiary/aromatic N) is 1. The van der Waals surface area contributed by atoms with E-state index < -0.39 is 5.97 Å². The number of aromatic carboxylic acids is 1. The van der Waals surface area contributed by atoms with Crippen LogP contribution >= 0.6 is 27.3 Å². The zero-order valence-corrected chi connectivity index (χ0v) is 10.3. The lowest BCUT2D eigenvalue weighted by Gasteiger charge is -2.00. The van der Waals surface area contributed by atoms with Crippen LogP contribution in [0, 0.1) is 0 Å². The highest BCUT2D eigenvalue weighted by Crippen LogP contribution is 2.26. The Hall–Kier alpha value is -1.40. The number of thiazole rings is 1. The molecule has 82 valence electrons. The average Bonchev–Trinajstić information content (AvgIpc) is 2.66. The molecule has 4 nitrogen and oxygen atoms in total. The second-order valence-electron chi connectivity index (χ2n) is 2.86. The molecule has 0 fully saturated rings. The van der Waals surface area contributed by atoms with Gasteiger partial charge in [0.05, 0.1) is 0 Å². The van der Waals surface area contributed by atoms with Gasteiger partial charge in [0.2, 0.25) is 0 Å². The summed E-state index contributed by atoms with van der Waals surface area (Å²) in [6, 6.07) is 7.25. The lowest BCUT2D eigenvalue weighted by Crippen LogP contribution is -1.95. The van der Waals surface area contributed by atoms with Crippen molar-refractivity contribution in [2.45, 2.75) is 0 Å². The van der Waals surface area contributed by atoms with Crippen molar-refractivity contribution < 1.29 is 14.6 Å². The summed E-state index contributed by atoms with van der Waals surface area (Å²) in [6.45, 7) is 0. The number of rotatable bonds is 3. The molecule has 0 bridgehead atoms. The predicted octanol–water partition coefficient (Wildman–Crippen LogP) is 3.40. The third kappa shape index (κ3) is 2.59. The van der Waals surface area contributed by atoms with Crippen molar-refractivity contribution >= 4 is 33.2 Å². The standard InChI is InChI=1S/C10H6BrNO3S/c11-6-2-1-3-7(4-6)15-10-12-8(5-16-10)9(13)14/h1-5H,(H,13,14). The van der Waals surface area contributed by atoms with E-state index in [1.54, 1.807) is 12.1 Å². The van der Waals surface area contributed by atoms with Gasteiger partial charge < -0.3 is 9.84 Å². The Morgan fingerprint density at radius 1 is 1.50 bits per heavy atom. The smallest absolute Gasteiger partial charge is 0.355 e. The summed E-state index contributed by atoms with van der Waals surface area (Å²) in [4.78, 5) is 14.4. The van der Waals surface area contributed by atoms with Crippen LogP contribution in [-0.4, -0.2) is 16.1 Å². The van der Waals surface area contributed by atoms with Gasteiger partial charge in [0.25, 0.3) is 5.19 Å². The van der Waals surface area contributed by atoms with E-state index >= 15 is 0 Å². The first-order valence-corrected chi connectivity index (χ1v) is 5.94. The van der Waals surface area contributed by atoms with Crippen LogP contribution in [0.4, 0.5) is 0 Å². The first-order chi connectivity index (χ1) is 7.65. The molecular formula is C10H6BrNO3S. The molecule has 0 spiro atoms. The number of hydrogen-bond donors (Lipinski definition) is 1. The SMILES string of the molecule is O=C(O)c1csc(Oc2cccc(Br)c2)n1. The maximum absolute atomic E-state index is 10.6. The van der Waals surface area contributed by atoms with Crippen molar-refractivity contribution in [3.8, 4) is 10.9 Å². The summed E-state index contributed by atoms with van der Waals surface area (Å²) < 4.78 is 6.29. The van der Waals surface area contributed by atoms with Crippen molar-refractivity contribution in [3.05, 3.63) is 39.8 Å². The molecule has 2 rings (SSSR count). The van der Waals surface area contributed by atoms with Crippen LogP contribution < -0.4 is 4.74 Å². The molecular weight excluding hydrogens is 294 g/mol. The molecule has 0 radical (unpaired) electrons. The van der Waals surface area contributed by atoms with Gasteiger partial charge in [-0.1, -0.05) is 33.3 Å². The van der Waals surface area contributed by atoms with Crippen molar-refractivity contribution in [2.24, 2.45) is 0 Å². The van der Waals surface area contributed by atoms with Crippen LogP contribution in [0.2, 0.25) is 0 Å². The molecule has 1 aromatic carbocycles. The monoisotopic (exact) mass is 299 g/mol. The first-order valence-electron chi connectivity index (χ1n) is 4.27. The van der Waals surface area contributed by atoms with Crippen molar-refractivity contribution in [1.82, 2.24) is 4.98 Å². The number of carbonyl (C=O) groups is 1. The molecule has 1 aromatic heterocycles. The van der Waals surface area contributed by atoms with E-state index in [4.69, 9.17) is 9.84 Å². The third-order valence-electron chi connectivity index (χ3n) is 1.70. The largest absolute Gasteiger partial charge is 0.476 e. The topological polar surface area (TPSA) is 59.4 Å². The van der Waals surface area contributed by atoms with E-state index in [2.05, 4.69) is 20.9 Å². The molecule has 0 aliphatic rings. The Morgan fingerprint density at radius 2 is 2.31 bits per heavy atom. The van der Waals surface area contributed by atoms with Crippen molar-refractivity contribution in [1.29, 1.82) is 0 Å². The van der Waals surface area contributed by atoms with Crippen LogP contribution in [0.15, 0.2) is 34.1 Å². The number of benzene rings is 1. The van der Waals surface area contributed by atoms with E-state index in [0.29, 0.717) is 10.9 Å². The Bertz CT molecular complexity index is 526. The van der Waals surface area contributed by atoms with Crippen LogP contribution in [-0.2, 0) is 0 Å². The summed E-state index contributed by atoms with van der Waals surface area (Å²) in [5.74, 6) is -0.444.